The van der Waals surface area contributed by atoms with Gasteiger partial charge in [0, 0.05) is 86.8 Å². The molecular weight excluding hydrogens is 1280 g/mol. The van der Waals surface area contributed by atoms with Gasteiger partial charge >= 0.3 is 12.1 Å². The minimum Gasteiger partial charge on any atom is -0.478 e. The lowest BCUT2D eigenvalue weighted by Crippen LogP contribution is -2.49. The normalized spacial score (nSPS) is 20.6. The van der Waals surface area contributed by atoms with Crippen molar-refractivity contribution in [2.24, 2.45) is 0 Å². The summed E-state index contributed by atoms with van der Waals surface area (Å²) in [5.74, 6) is -0.654. The summed E-state index contributed by atoms with van der Waals surface area (Å²) in [5.41, 5.74) is 3.97. The fourth-order valence-electron chi connectivity index (χ4n) is 11.2. The predicted octanol–water partition coefficient (Wildman–Crippen LogP) is 7.87. The predicted molar refractivity (Wildman–Crippen MR) is 362 cm³/mol. The SMILES string of the molecule is C[C@@H]1CC[C@@H](O)CN1.C[C@@H]1CC[C@@H](O)CN1C(=O)OC(C)(C)C.C[C@@H]1CC[C@@H](O)CN1C(=O)c1ccccc1-n1nccn1.C[C@@H]1CC[C@@H](Oc2nccn3ccnc23)CN1C(=O)c1ccccc1-n1nccn1.Clc1nccn2ccnc12.O=C(O)c1ccccc1-n1nccn1. The van der Waals surface area contributed by atoms with Gasteiger partial charge in [0.2, 0.25) is 0 Å². The minimum atomic E-state index is -0.988. The first-order valence-electron chi connectivity index (χ1n) is 32.5. The Morgan fingerprint density at radius 1 is 0.490 bits per heavy atom. The largest absolute Gasteiger partial charge is 0.478 e. The van der Waals surface area contributed by atoms with E-state index in [2.05, 4.69) is 69.7 Å². The number of rotatable bonds is 8. The second kappa shape index (κ2) is 34.2. The molecule has 0 aliphatic carbocycles. The molecule has 10 aromatic rings. The summed E-state index contributed by atoms with van der Waals surface area (Å²) >= 11 is 5.70. The van der Waals surface area contributed by atoms with Crippen LogP contribution in [0.1, 0.15) is 131 Å². The van der Waals surface area contributed by atoms with E-state index in [0.717, 1.165) is 57.9 Å². The molecule has 7 aromatic heterocycles. The molecule has 8 atom stereocenters. The fourth-order valence-corrected chi connectivity index (χ4v) is 11.4. The molecule has 4 aliphatic heterocycles. The maximum atomic E-state index is 13.5. The lowest BCUT2D eigenvalue weighted by atomic mass is 9.99. The number of nitrogens with one attached hydrogen (secondary N) is 1. The van der Waals surface area contributed by atoms with Gasteiger partial charge in [-0.3, -0.25) is 9.59 Å². The lowest BCUT2D eigenvalue weighted by molar-refractivity contribution is -0.00989. The molecule has 0 bridgehead atoms. The van der Waals surface area contributed by atoms with Crippen molar-refractivity contribution in [1.82, 2.24) is 93.7 Å². The standard InChI is InChI=1S/C21H21N7O2.C15H18N4O2.C11H21NO3.C9H7N3O2.C6H4ClN3.C6H13NO/c1-15-6-7-16(30-20-19-22-10-12-26(19)13-11-23-20)14-27(15)21(29)17-4-2-3-5-18(17)28-24-8-9-25-28;1-11-6-7-12(20)10-18(11)15(21)13-4-2-3-5-14(13)19-16-8-9-17-19;1-8-5-6-9(13)7-12(8)10(14)15-11(2,3)4;13-9(14)7-3-1-2-4-8(7)12-10-5-6-11-12;7-5-6-9-2-4-10(6)3-1-8-5;1-5-2-3-6(8)4-7-5/h2-5,8-13,15-16H,6-7,14H2,1H3;2-5,8-9,11-12,20H,6-7,10H2,1H3;8-9,13H,5-7H2,1-4H3;1-6H,(H,13,14);1-4H;5-8H,2-4H2,1H3/t15-,16-;11-,12-;8-,9-;;;5-,6-/m111..1/s1. The first kappa shape index (κ1) is 72.2. The van der Waals surface area contributed by atoms with Gasteiger partial charge in [-0.25, -0.2) is 29.5 Å². The van der Waals surface area contributed by atoms with Crippen LogP contribution in [0.4, 0.5) is 4.79 Å². The highest BCUT2D eigenvalue weighted by atomic mass is 35.5. The third kappa shape index (κ3) is 19.6. The van der Waals surface area contributed by atoms with Crippen LogP contribution in [0.25, 0.3) is 28.4 Å². The molecule has 0 saturated carbocycles. The molecule has 4 fully saturated rings. The number of imidazole rings is 2. The van der Waals surface area contributed by atoms with E-state index in [9.17, 15) is 29.4 Å². The minimum absolute atomic E-state index is 0.0596. The maximum Gasteiger partial charge on any atom is 0.410 e. The number of aromatic nitrogens is 15. The zero-order valence-electron chi connectivity index (χ0n) is 55.8. The number of aliphatic hydroxyl groups excluding tert-OH is 3. The highest BCUT2D eigenvalue weighted by Gasteiger charge is 2.35. The van der Waals surface area contributed by atoms with Gasteiger partial charge in [-0.15, -0.1) is 0 Å². The van der Waals surface area contributed by atoms with Crippen LogP contribution in [0.2, 0.25) is 5.15 Å². The van der Waals surface area contributed by atoms with Crippen LogP contribution in [0, 0.1) is 0 Å². The molecule has 0 unspecified atom stereocenters. The summed E-state index contributed by atoms with van der Waals surface area (Å²) in [6, 6.07) is 22.2. The Bertz CT molecular complexity index is 4130. The summed E-state index contributed by atoms with van der Waals surface area (Å²) in [6.07, 6.45) is 28.9. The first-order chi connectivity index (χ1) is 47.1. The van der Waals surface area contributed by atoms with Crippen molar-refractivity contribution < 1.29 is 49.1 Å². The smallest absolute Gasteiger partial charge is 0.410 e. The van der Waals surface area contributed by atoms with Crippen molar-refractivity contribution in [1.29, 1.82) is 0 Å². The quantitative estimate of drug-likeness (QED) is 0.0965. The molecule has 30 heteroatoms. The van der Waals surface area contributed by atoms with E-state index in [4.69, 9.17) is 31.3 Å². The number of aliphatic hydroxyl groups is 3. The summed E-state index contributed by atoms with van der Waals surface area (Å²) in [5, 5.41) is 65.1. The van der Waals surface area contributed by atoms with Gasteiger partial charge < -0.3 is 58.7 Å². The average Bonchev–Trinajstić information content (AvgIpc) is 1.25. The summed E-state index contributed by atoms with van der Waals surface area (Å²) < 4.78 is 15.1. The molecule has 3 aromatic carbocycles. The van der Waals surface area contributed by atoms with Crippen molar-refractivity contribution in [2.45, 2.75) is 154 Å². The first-order valence-corrected chi connectivity index (χ1v) is 32.9. The third-order valence-electron chi connectivity index (χ3n) is 16.5. The Hall–Kier alpha value is -10.1. The number of β-amino-alcohol motifs (C(OH)–C–C–N with tert-alkyl or cyclic N) is 3. The van der Waals surface area contributed by atoms with E-state index in [-0.39, 0.29) is 53.8 Å². The molecule has 5 N–H and O–H groups in total. The van der Waals surface area contributed by atoms with Crippen molar-refractivity contribution in [3.63, 3.8) is 0 Å². The summed E-state index contributed by atoms with van der Waals surface area (Å²) in [4.78, 5) is 74.8. The Kier molecular flexibility index (Phi) is 25.2. The number of hydrogen-bond acceptors (Lipinski definition) is 20. The van der Waals surface area contributed by atoms with Gasteiger partial charge in [0.25, 0.3) is 17.7 Å². The highest BCUT2D eigenvalue weighted by molar-refractivity contribution is 6.32. The average molecular weight is 1360 g/mol. The van der Waals surface area contributed by atoms with Gasteiger partial charge in [-0.1, -0.05) is 48.0 Å². The Labute approximate surface area is 571 Å². The van der Waals surface area contributed by atoms with E-state index in [1.54, 1.807) is 89.8 Å². The number of likely N-dealkylation sites (tertiary alicyclic amines) is 3. The molecule has 4 aliphatic rings. The highest BCUT2D eigenvalue weighted by Crippen LogP contribution is 2.28. The number of carbonyl (C=O) groups is 4. The van der Waals surface area contributed by atoms with Gasteiger partial charge in [-0.2, -0.15) is 45.0 Å². The second-order valence-corrected chi connectivity index (χ2v) is 25.4. The van der Waals surface area contributed by atoms with E-state index >= 15 is 0 Å². The van der Waals surface area contributed by atoms with Crippen LogP contribution in [0.15, 0.2) is 160 Å². The van der Waals surface area contributed by atoms with Crippen LogP contribution in [0.3, 0.4) is 0 Å². The number of amides is 3. The number of piperidine rings is 4. The molecule has 518 valence electrons. The topological polar surface area (TPSA) is 342 Å². The van der Waals surface area contributed by atoms with E-state index in [1.165, 1.54) is 32.8 Å². The van der Waals surface area contributed by atoms with Gasteiger partial charge in [0.1, 0.15) is 17.4 Å². The molecule has 14 rings (SSSR count). The van der Waals surface area contributed by atoms with Crippen LogP contribution < -0.4 is 10.1 Å². The Morgan fingerprint density at radius 2 is 0.898 bits per heavy atom. The molecule has 0 radical (unpaired) electrons. The molecule has 98 heavy (non-hydrogen) atoms. The van der Waals surface area contributed by atoms with Crippen LogP contribution in [-0.4, -0.2) is 213 Å². The number of carboxylic acids is 1. The lowest BCUT2D eigenvalue weighted by Gasteiger charge is -2.38. The number of halogens is 1. The van der Waals surface area contributed by atoms with Crippen molar-refractivity contribution >= 4 is 46.8 Å². The zero-order valence-corrected chi connectivity index (χ0v) is 56.5. The van der Waals surface area contributed by atoms with Gasteiger partial charge in [-0.05, 0) is 136 Å². The molecule has 3 amide bonds. The van der Waals surface area contributed by atoms with Crippen molar-refractivity contribution in [3.8, 4) is 22.9 Å². The number of benzene rings is 3. The summed E-state index contributed by atoms with van der Waals surface area (Å²) in [6.45, 7) is 15.8. The summed E-state index contributed by atoms with van der Waals surface area (Å²) in [7, 11) is 0. The maximum absolute atomic E-state index is 13.5. The van der Waals surface area contributed by atoms with Crippen molar-refractivity contribution in [3.05, 3.63) is 181 Å². The van der Waals surface area contributed by atoms with Crippen LogP contribution in [0.5, 0.6) is 5.88 Å². The second-order valence-electron chi connectivity index (χ2n) is 25.0. The monoisotopic (exact) mass is 1360 g/mol. The molecular formula is C68H84ClN19O10. The zero-order chi connectivity index (χ0) is 69.9. The third-order valence-corrected chi connectivity index (χ3v) is 16.7. The van der Waals surface area contributed by atoms with Crippen LogP contribution in [-0.2, 0) is 4.74 Å². The molecule has 29 nitrogen and oxygen atoms in total. The Morgan fingerprint density at radius 3 is 1.37 bits per heavy atom. The number of ether oxygens (including phenoxy) is 2. The number of para-hydroxylation sites is 3. The van der Waals surface area contributed by atoms with Crippen LogP contribution >= 0.6 is 11.6 Å². The van der Waals surface area contributed by atoms with E-state index in [1.807, 2.05) is 109 Å². The number of carboxylic acid groups (broad SMARTS) is 1. The molecule has 0 spiro atoms. The van der Waals surface area contributed by atoms with Crippen molar-refractivity contribution in [2.75, 3.05) is 26.2 Å². The van der Waals surface area contributed by atoms with E-state index in [0.29, 0.717) is 76.2 Å². The van der Waals surface area contributed by atoms with Gasteiger partial charge in [0.15, 0.2) is 16.4 Å². The number of aromatic carboxylic acids is 1. The number of nitrogens with zero attached hydrogens (tertiary/aromatic N) is 18. The number of carbonyl (C=O) groups excluding carboxylic acids is 3. The molecule has 4 saturated heterocycles. The fraction of sp³-hybridized carbons (Fsp3) is 0.412. The Balaban J connectivity index is 0.000000145. The van der Waals surface area contributed by atoms with Gasteiger partial charge in [0.05, 0.1) is 96.6 Å². The molecule has 11 heterocycles. The van der Waals surface area contributed by atoms with E-state index < -0.39 is 23.8 Å². The number of fused-ring (bicyclic) bond motifs is 2. The number of hydrogen-bond donors (Lipinski definition) is 5.